The lowest BCUT2D eigenvalue weighted by atomic mass is 10.1. The average molecular weight is 304 g/mol. The molecule has 1 aliphatic heterocycles. The predicted octanol–water partition coefficient (Wildman–Crippen LogP) is 2.78. The van der Waals surface area contributed by atoms with Gasteiger partial charge in [-0.25, -0.2) is 4.98 Å². The fourth-order valence-electron chi connectivity index (χ4n) is 2.37. The third-order valence-corrected chi connectivity index (χ3v) is 3.64. The SMILES string of the molecule is CCc1nc2n(c1C(=O)c1ccc(O)cc1)C=CN(Cl)C2. The Labute approximate surface area is 127 Å². The van der Waals surface area contributed by atoms with Crippen molar-refractivity contribution in [3.05, 3.63) is 53.2 Å². The van der Waals surface area contributed by atoms with Gasteiger partial charge in [-0.15, -0.1) is 0 Å². The van der Waals surface area contributed by atoms with Crippen LogP contribution >= 0.6 is 11.8 Å². The molecule has 1 aromatic heterocycles. The summed E-state index contributed by atoms with van der Waals surface area (Å²) in [6, 6.07) is 6.22. The van der Waals surface area contributed by atoms with Crippen LogP contribution in [0.1, 0.15) is 34.5 Å². The lowest BCUT2D eigenvalue weighted by Crippen LogP contribution is -2.17. The zero-order valence-corrected chi connectivity index (χ0v) is 12.2. The number of benzene rings is 1. The van der Waals surface area contributed by atoms with Gasteiger partial charge in [0.05, 0.1) is 12.2 Å². The molecule has 2 aromatic rings. The van der Waals surface area contributed by atoms with Gasteiger partial charge in [0, 0.05) is 29.7 Å². The molecule has 5 nitrogen and oxygen atoms in total. The molecule has 1 aliphatic rings. The highest BCUT2D eigenvalue weighted by Gasteiger charge is 2.24. The molecule has 21 heavy (non-hydrogen) atoms. The number of aromatic nitrogens is 2. The van der Waals surface area contributed by atoms with Crippen molar-refractivity contribution in [3.8, 4) is 5.75 Å². The van der Waals surface area contributed by atoms with E-state index in [1.54, 1.807) is 29.1 Å². The van der Waals surface area contributed by atoms with Crippen LogP contribution in [-0.4, -0.2) is 24.9 Å². The molecule has 0 saturated heterocycles. The van der Waals surface area contributed by atoms with Gasteiger partial charge in [0.2, 0.25) is 5.78 Å². The molecule has 0 saturated carbocycles. The summed E-state index contributed by atoms with van der Waals surface area (Å²) < 4.78 is 3.28. The molecule has 0 amide bonds. The number of nitrogens with zero attached hydrogens (tertiary/aromatic N) is 3. The number of phenols is 1. The van der Waals surface area contributed by atoms with E-state index < -0.39 is 0 Å². The Hall–Kier alpha value is -2.27. The number of hydrogen-bond donors (Lipinski definition) is 1. The van der Waals surface area contributed by atoms with Crippen molar-refractivity contribution in [2.75, 3.05) is 0 Å². The summed E-state index contributed by atoms with van der Waals surface area (Å²) in [5.41, 5.74) is 1.82. The molecule has 1 N–H and O–H groups in total. The van der Waals surface area contributed by atoms with E-state index in [-0.39, 0.29) is 11.5 Å². The van der Waals surface area contributed by atoms with Crippen molar-refractivity contribution < 1.29 is 9.90 Å². The van der Waals surface area contributed by atoms with Crippen LogP contribution in [-0.2, 0) is 13.0 Å². The van der Waals surface area contributed by atoms with Gasteiger partial charge in [-0.1, -0.05) is 6.92 Å². The molecule has 0 unspecified atom stereocenters. The van der Waals surface area contributed by atoms with Crippen LogP contribution in [0.3, 0.4) is 0 Å². The van der Waals surface area contributed by atoms with E-state index in [4.69, 9.17) is 11.8 Å². The van der Waals surface area contributed by atoms with E-state index in [1.165, 1.54) is 16.6 Å². The molecular weight excluding hydrogens is 290 g/mol. The normalized spacial score (nSPS) is 13.3. The fraction of sp³-hybridized carbons (Fsp3) is 0.200. The molecule has 2 heterocycles. The van der Waals surface area contributed by atoms with Crippen LogP contribution in [0.5, 0.6) is 5.75 Å². The highest BCUT2D eigenvalue weighted by atomic mass is 35.5. The number of aryl methyl sites for hydroxylation is 1. The van der Waals surface area contributed by atoms with Crippen LogP contribution in [0.2, 0.25) is 0 Å². The van der Waals surface area contributed by atoms with Crippen molar-refractivity contribution in [2.24, 2.45) is 0 Å². The molecule has 1 aromatic carbocycles. The van der Waals surface area contributed by atoms with E-state index in [2.05, 4.69) is 4.98 Å². The van der Waals surface area contributed by atoms with Crippen molar-refractivity contribution in [1.29, 1.82) is 0 Å². The summed E-state index contributed by atoms with van der Waals surface area (Å²) in [5.74, 6) is 0.764. The first kappa shape index (κ1) is 13.7. The van der Waals surface area contributed by atoms with Gasteiger partial charge in [0.1, 0.15) is 17.3 Å². The van der Waals surface area contributed by atoms with Crippen molar-refractivity contribution >= 4 is 23.8 Å². The second-order valence-electron chi connectivity index (χ2n) is 4.78. The average Bonchev–Trinajstić information content (AvgIpc) is 2.84. The highest BCUT2D eigenvalue weighted by Crippen LogP contribution is 2.23. The minimum atomic E-state index is -0.113. The first-order valence-corrected chi connectivity index (χ1v) is 6.98. The van der Waals surface area contributed by atoms with E-state index in [0.717, 1.165) is 11.5 Å². The highest BCUT2D eigenvalue weighted by molar-refractivity contribution is 6.14. The van der Waals surface area contributed by atoms with Gasteiger partial charge in [-0.05, 0) is 30.7 Å². The molecule has 0 fully saturated rings. The van der Waals surface area contributed by atoms with E-state index in [9.17, 15) is 9.90 Å². The van der Waals surface area contributed by atoms with Crippen LogP contribution in [0.25, 0.3) is 6.20 Å². The Morgan fingerprint density at radius 1 is 1.33 bits per heavy atom. The van der Waals surface area contributed by atoms with Gasteiger partial charge >= 0.3 is 0 Å². The number of hydrogen-bond acceptors (Lipinski definition) is 4. The Balaban J connectivity index is 2.08. The first-order chi connectivity index (χ1) is 10.1. The van der Waals surface area contributed by atoms with E-state index >= 15 is 0 Å². The Morgan fingerprint density at radius 2 is 2.05 bits per heavy atom. The maximum absolute atomic E-state index is 12.7. The smallest absolute Gasteiger partial charge is 0.211 e. The maximum Gasteiger partial charge on any atom is 0.211 e. The second kappa shape index (κ2) is 5.26. The van der Waals surface area contributed by atoms with E-state index in [0.29, 0.717) is 24.2 Å². The molecule has 3 rings (SSSR count). The summed E-state index contributed by atoms with van der Waals surface area (Å²) in [7, 11) is 0. The van der Waals surface area contributed by atoms with Crippen molar-refractivity contribution in [1.82, 2.24) is 14.0 Å². The van der Waals surface area contributed by atoms with Crippen LogP contribution in [0.4, 0.5) is 0 Å². The van der Waals surface area contributed by atoms with Crippen LogP contribution in [0, 0.1) is 0 Å². The third kappa shape index (κ3) is 2.40. The second-order valence-corrected chi connectivity index (χ2v) is 5.21. The number of ketones is 1. The maximum atomic E-state index is 12.7. The molecule has 0 bridgehead atoms. The lowest BCUT2D eigenvalue weighted by molar-refractivity contribution is 0.103. The number of imidazole rings is 1. The third-order valence-electron chi connectivity index (χ3n) is 3.41. The topological polar surface area (TPSA) is 58.4 Å². The Bertz CT molecular complexity index is 719. The number of fused-ring (bicyclic) bond motifs is 1. The number of carbonyl (C=O) groups excluding carboxylic acids is 1. The standard InChI is InChI=1S/C15H14ClN3O2/c1-2-12-14(15(21)10-3-5-11(20)6-4-10)19-8-7-18(16)9-13(19)17-12/h3-8,20H,2,9H2,1H3. The lowest BCUT2D eigenvalue weighted by Gasteiger charge is -2.16. The zero-order chi connectivity index (χ0) is 15.0. The molecule has 0 aliphatic carbocycles. The summed E-state index contributed by atoms with van der Waals surface area (Å²) in [6.45, 7) is 2.41. The quantitative estimate of drug-likeness (QED) is 0.700. The molecule has 0 radical (unpaired) electrons. The summed E-state index contributed by atoms with van der Waals surface area (Å²) in [5, 5.41) is 9.33. The van der Waals surface area contributed by atoms with Crippen LogP contribution in [0.15, 0.2) is 30.5 Å². The van der Waals surface area contributed by atoms with Gasteiger partial charge in [0.15, 0.2) is 0 Å². The summed E-state index contributed by atoms with van der Waals surface area (Å²) in [6.07, 6.45) is 4.10. The number of carbonyl (C=O) groups is 1. The van der Waals surface area contributed by atoms with Gasteiger partial charge in [-0.3, -0.25) is 13.8 Å². The van der Waals surface area contributed by atoms with Crippen molar-refractivity contribution in [3.63, 3.8) is 0 Å². The Kier molecular flexibility index (Phi) is 3.43. The van der Waals surface area contributed by atoms with Gasteiger partial charge in [-0.2, -0.15) is 0 Å². The molecule has 0 atom stereocenters. The van der Waals surface area contributed by atoms with Crippen LogP contribution < -0.4 is 0 Å². The summed E-state index contributed by atoms with van der Waals surface area (Å²) in [4.78, 5) is 17.2. The first-order valence-electron chi connectivity index (χ1n) is 6.64. The number of phenolic OH excluding ortho intramolecular Hbond substituents is 1. The monoisotopic (exact) mass is 303 g/mol. The minimum Gasteiger partial charge on any atom is -0.508 e. The number of aromatic hydroxyl groups is 1. The Morgan fingerprint density at radius 3 is 2.71 bits per heavy atom. The summed E-state index contributed by atoms with van der Waals surface area (Å²) >= 11 is 5.94. The van der Waals surface area contributed by atoms with E-state index in [1.807, 2.05) is 6.92 Å². The molecular formula is C15H14ClN3O2. The number of rotatable bonds is 3. The minimum absolute atomic E-state index is 0.113. The number of halogens is 1. The predicted molar refractivity (Wildman–Crippen MR) is 79.9 cm³/mol. The van der Waals surface area contributed by atoms with Gasteiger partial charge < -0.3 is 5.11 Å². The van der Waals surface area contributed by atoms with Crippen molar-refractivity contribution in [2.45, 2.75) is 19.9 Å². The zero-order valence-electron chi connectivity index (χ0n) is 11.5. The van der Waals surface area contributed by atoms with Gasteiger partial charge in [0.25, 0.3) is 0 Å². The fourth-order valence-corrected chi connectivity index (χ4v) is 2.52. The largest absolute Gasteiger partial charge is 0.508 e. The molecule has 0 spiro atoms. The molecule has 6 heteroatoms. The molecule has 108 valence electrons.